The van der Waals surface area contributed by atoms with Crippen molar-refractivity contribution < 1.29 is 24.2 Å². The highest BCUT2D eigenvalue weighted by atomic mass is 16.5. The van der Waals surface area contributed by atoms with Crippen LogP contribution in [0.5, 0.6) is 11.5 Å². The number of hydrogen-bond acceptors (Lipinski definition) is 4. The summed E-state index contributed by atoms with van der Waals surface area (Å²) in [5, 5.41) is 8.84. The normalized spacial score (nSPS) is 10.6. The molecule has 3 aromatic carbocycles. The highest BCUT2D eigenvalue weighted by Crippen LogP contribution is 2.24. The van der Waals surface area contributed by atoms with E-state index in [9.17, 15) is 9.59 Å². The third kappa shape index (κ3) is 8.18. The molecule has 0 spiro atoms. The number of amides is 1. The highest BCUT2D eigenvalue weighted by Gasteiger charge is 2.18. The molecule has 0 bridgehead atoms. The number of nitrogens with zero attached hydrogens (tertiary/aromatic N) is 1. The Bertz CT molecular complexity index is 1070. The lowest BCUT2D eigenvalue weighted by molar-refractivity contribution is -0.137. The first kappa shape index (κ1) is 25.8. The van der Waals surface area contributed by atoms with Crippen LogP contribution < -0.4 is 9.47 Å². The van der Waals surface area contributed by atoms with Crippen molar-refractivity contribution in [3.8, 4) is 11.5 Å². The molecule has 35 heavy (non-hydrogen) atoms. The third-order valence-corrected chi connectivity index (χ3v) is 5.87. The van der Waals surface area contributed by atoms with E-state index < -0.39 is 5.97 Å². The largest absolute Gasteiger partial charge is 0.497 e. The number of hydrogen-bond donors (Lipinski definition) is 1. The summed E-state index contributed by atoms with van der Waals surface area (Å²) >= 11 is 0. The molecule has 184 valence electrons. The van der Waals surface area contributed by atoms with Gasteiger partial charge in [-0.1, -0.05) is 54.6 Å². The predicted molar refractivity (Wildman–Crippen MR) is 136 cm³/mol. The zero-order valence-corrected chi connectivity index (χ0v) is 20.4. The van der Waals surface area contributed by atoms with E-state index in [1.54, 1.807) is 32.4 Å². The van der Waals surface area contributed by atoms with Gasteiger partial charge in [-0.15, -0.1) is 0 Å². The molecule has 0 aliphatic rings. The van der Waals surface area contributed by atoms with Gasteiger partial charge in [0, 0.05) is 31.1 Å². The van der Waals surface area contributed by atoms with Crippen molar-refractivity contribution in [2.45, 2.75) is 38.6 Å². The minimum absolute atomic E-state index is 0.0826. The van der Waals surface area contributed by atoms with E-state index in [4.69, 9.17) is 14.6 Å². The quantitative estimate of drug-likeness (QED) is 0.359. The molecule has 0 aromatic heterocycles. The Hall–Kier alpha value is -3.80. The topological polar surface area (TPSA) is 76.1 Å². The first-order valence-corrected chi connectivity index (χ1v) is 11.8. The molecule has 0 aliphatic carbocycles. The maximum atomic E-state index is 13.6. The fourth-order valence-electron chi connectivity index (χ4n) is 3.96. The average Bonchev–Trinajstić information content (AvgIpc) is 2.88. The second kappa shape index (κ2) is 13.2. The van der Waals surface area contributed by atoms with Crippen molar-refractivity contribution in [2.24, 2.45) is 0 Å². The van der Waals surface area contributed by atoms with E-state index >= 15 is 0 Å². The van der Waals surface area contributed by atoms with E-state index in [0.29, 0.717) is 36.6 Å². The molecule has 0 radical (unpaired) electrons. The maximum Gasteiger partial charge on any atom is 0.303 e. The van der Waals surface area contributed by atoms with Gasteiger partial charge in [-0.05, 0) is 54.5 Å². The first-order valence-electron chi connectivity index (χ1n) is 11.8. The monoisotopic (exact) mass is 475 g/mol. The van der Waals surface area contributed by atoms with Crippen molar-refractivity contribution in [3.63, 3.8) is 0 Å². The van der Waals surface area contributed by atoms with E-state index in [1.165, 1.54) is 5.56 Å². The number of carboxylic acids is 1. The van der Waals surface area contributed by atoms with E-state index in [0.717, 1.165) is 30.4 Å². The second-order valence-electron chi connectivity index (χ2n) is 8.48. The van der Waals surface area contributed by atoms with Crippen LogP contribution in [0.1, 0.15) is 46.3 Å². The van der Waals surface area contributed by atoms with Gasteiger partial charge < -0.3 is 19.5 Å². The molecular weight excluding hydrogens is 442 g/mol. The van der Waals surface area contributed by atoms with Crippen molar-refractivity contribution >= 4 is 11.9 Å². The molecular formula is C29H33NO5. The minimum atomic E-state index is -0.777. The lowest BCUT2D eigenvalue weighted by Gasteiger charge is -2.24. The molecule has 3 aromatic rings. The van der Waals surface area contributed by atoms with Crippen LogP contribution in [0.3, 0.4) is 0 Å². The standard InChI is InChI=1S/C29H33NO5/c1-34-26-18-25(19-27(20-26)35-2)29(33)30(17-7-11-22-8-4-3-5-9-22)21-24-15-13-23(14-16-24)10-6-12-28(31)32/h3-5,8-9,13-16,18-20H,6-7,10-12,17,21H2,1-2H3,(H,31,32). The number of carboxylic acid groups (broad SMARTS) is 1. The molecule has 0 saturated carbocycles. The van der Waals surface area contributed by atoms with Gasteiger partial charge in [-0.25, -0.2) is 0 Å². The maximum absolute atomic E-state index is 13.6. The summed E-state index contributed by atoms with van der Waals surface area (Å²) in [7, 11) is 3.14. The SMILES string of the molecule is COc1cc(OC)cc(C(=O)N(CCCc2ccccc2)Cc2ccc(CCCC(=O)O)cc2)c1. The van der Waals surface area contributed by atoms with Crippen LogP contribution in [-0.4, -0.2) is 42.6 Å². The van der Waals surface area contributed by atoms with Gasteiger partial charge in [0.15, 0.2) is 0 Å². The highest BCUT2D eigenvalue weighted by molar-refractivity contribution is 5.95. The van der Waals surface area contributed by atoms with Crippen molar-refractivity contribution in [1.29, 1.82) is 0 Å². The van der Waals surface area contributed by atoms with Crippen LogP contribution in [0.15, 0.2) is 72.8 Å². The number of benzene rings is 3. The Morgan fingerprint density at radius 3 is 1.94 bits per heavy atom. The number of aryl methyl sites for hydroxylation is 2. The molecule has 3 rings (SSSR count). The molecule has 0 unspecified atom stereocenters. The Kier molecular flexibility index (Phi) is 9.72. The Morgan fingerprint density at radius 2 is 1.34 bits per heavy atom. The first-order chi connectivity index (χ1) is 17.0. The fraction of sp³-hybridized carbons (Fsp3) is 0.310. The van der Waals surface area contributed by atoms with Crippen molar-refractivity contribution in [1.82, 2.24) is 4.90 Å². The van der Waals surface area contributed by atoms with Gasteiger partial charge in [0.1, 0.15) is 11.5 Å². The summed E-state index contributed by atoms with van der Waals surface area (Å²) in [6.45, 7) is 1.08. The summed E-state index contributed by atoms with van der Waals surface area (Å²) < 4.78 is 10.7. The molecule has 0 heterocycles. The molecule has 0 saturated heterocycles. The number of rotatable bonds is 13. The Balaban J connectivity index is 1.74. The Morgan fingerprint density at radius 1 is 0.771 bits per heavy atom. The third-order valence-electron chi connectivity index (χ3n) is 5.87. The van der Waals surface area contributed by atoms with Gasteiger partial charge in [-0.3, -0.25) is 9.59 Å². The molecule has 0 fully saturated rings. The van der Waals surface area contributed by atoms with Crippen molar-refractivity contribution in [3.05, 3.63) is 95.1 Å². The van der Waals surface area contributed by atoms with Crippen LogP contribution in [0.4, 0.5) is 0 Å². The zero-order valence-electron chi connectivity index (χ0n) is 20.4. The predicted octanol–water partition coefficient (Wildman–Crippen LogP) is 5.39. The van der Waals surface area contributed by atoms with Crippen LogP contribution in [0.2, 0.25) is 0 Å². The van der Waals surface area contributed by atoms with Gasteiger partial charge in [-0.2, -0.15) is 0 Å². The lowest BCUT2D eigenvalue weighted by Crippen LogP contribution is -2.32. The van der Waals surface area contributed by atoms with E-state index in [1.807, 2.05) is 47.4 Å². The average molecular weight is 476 g/mol. The van der Waals surface area contributed by atoms with E-state index in [2.05, 4.69) is 12.1 Å². The molecule has 6 nitrogen and oxygen atoms in total. The minimum Gasteiger partial charge on any atom is -0.497 e. The Labute approximate surface area is 207 Å². The van der Waals surface area contributed by atoms with Crippen LogP contribution in [0.25, 0.3) is 0 Å². The van der Waals surface area contributed by atoms with Crippen LogP contribution in [-0.2, 0) is 24.2 Å². The molecule has 6 heteroatoms. The number of aliphatic carboxylic acids is 1. The summed E-state index contributed by atoms with van der Waals surface area (Å²) in [6, 6.07) is 23.5. The summed E-state index contributed by atoms with van der Waals surface area (Å²) in [6.07, 6.45) is 3.21. The van der Waals surface area contributed by atoms with Gasteiger partial charge in [0.2, 0.25) is 0 Å². The van der Waals surface area contributed by atoms with Gasteiger partial charge in [0.25, 0.3) is 5.91 Å². The van der Waals surface area contributed by atoms with Crippen LogP contribution in [0, 0.1) is 0 Å². The van der Waals surface area contributed by atoms with E-state index in [-0.39, 0.29) is 12.3 Å². The summed E-state index contributed by atoms with van der Waals surface area (Å²) in [4.78, 5) is 26.2. The molecule has 0 aliphatic heterocycles. The second-order valence-corrected chi connectivity index (χ2v) is 8.48. The van der Waals surface area contributed by atoms with Crippen LogP contribution >= 0.6 is 0 Å². The summed E-state index contributed by atoms with van der Waals surface area (Å²) in [5.74, 6) is 0.284. The molecule has 1 N–H and O–H groups in total. The number of carbonyl (C=O) groups excluding carboxylic acids is 1. The summed E-state index contributed by atoms with van der Waals surface area (Å²) in [5.41, 5.74) is 3.88. The molecule has 0 atom stereocenters. The number of carbonyl (C=O) groups is 2. The number of methoxy groups -OCH3 is 2. The van der Waals surface area contributed by atoms with Gasteiger partial charge >= 0.3 is 5.97 Å². The lowest BCUT2D eigenvalue weighted by atomic mass is 10.0. The zero-order chi connectivity index (χ0) is 25.0. The number of ether oxygens (including phenoxy) is 2. The smallest absolute Gasteiger partial charge is 0.303 e. The molecule has 1 amide bonds. The fourth-order valence-corrected chi connectivity index (χ4v) is 3.96. The van der Waals surface area contributed by atoms with Crippen molar-refractivity contribution in [2.75, 3.05) is 20.8 Å². The van der Waals surface area contributed by atoms with Gasteiger partial charge in [0.05, 0.1) is 14.2 Å².